The fourth-order valence-corrected chi connectivity index (χ4v) is 1.83. The van der Waals surface area contributed by atoms with Crippen molar-refractivity contribution in [3.63, 3.8) is 0 Å². The van der Waals surface area contributed by atoms with E-state index in [0.717, 1.165) is 5.56 Å². The molecule has 0 amide bonds. The molecule has 2 aromatic heterocycles. The van der Waals surface area contributed by atoms with E-state index in [9.17, 15) is 4.79 Å². The zero-order valence-corrected chi connectivity index (χ0v) is 9.52. The molecule has 0 atom stereocenters. The van der Waals surface area contributed by atoms with Gasteiger partial charge in [-0.1, -0.05) is 30.3 Å². The average molecular weight is 238 g/mol. The Kier molecular flexibility index (Phi) is 2.57. The molecule has 0 unspecified atom stereocenters. The predicted molar refractivity (Wildman–Crippen MR) is 67.1 cm³/mol. The van der Waals surface area contributed by atoms with Crippen LogP contribution in [0.3, 0.4) is 0 Å². The molecule has 0 N–H and O–H groups in total. The minimum absolute atomic E-state index is 0.302. The van der Waals surface area contributed by atoms with Gasteiger partial charge in [0.05, 0.1) is 6.54 Å². The third kappa shape index (κ3) is 1.86. The van der Waals surface area contributed by atoms with E-state index in [-0.39, 0.29) is 5.56 Å². The van der Waals surface area contributed by atoms with Crippen LogP contribution in [0.25, 0.3) is 11.2 Å². The van der Waals surface area contributed by atoms with E-state index in [1.54, 1.807) is 6.20 Å². The fraction of sp³-hybridized carbons (Fsp3) is 0.0769. The Morgan fingerprint density at radius 3 is 2.61 bits per heavy atom. The molecule has 3 rings (SSSR count). The van der Waals surface area contributed by atoms with Crippen LogP contribution in [0.15, 0.2) is 53.8 Å². The lowest BCUT2D eigenvalue weighted by Gasteiger charge is -2.07. The van der Waals surface area contributed by atoms with Gasteiger partial charge in [-0.25, -0.2) is 9.97 Å². The van der Waals surface area contributed by atoms with E-state index in [1.165, 1.54) is 12.5 Å². The van der Waals surface area contributed by atoms with Crippen molar-refractivity contribution in [1.29, 1.82) is 0 Å². The molecule has 1 aromatic carbocycles. The predicted octanol–water partition coefficient (Wildman–Crippen LogP) is 1.23. The van der Waals surface area contributed by atoms with Crippen LogP contribution in [0.5, 0.6) is 0 Å². The average Bonchev–Trinajstić information content (AvgIpc) is 2.44. The summed E-state index contributed by atoms with van der Waals surface area (Å²) in [5, 5.41) is 0. The molecule has 0 aliphatic carbocycles. The molecule has 0 fully saturated rings. The Balaban J connectivity index is 2.13. The second-order valence-corrected chi connectivity index (χ2v) is 3.89. The van der Waals surface area contributed by atoms with Crippen LogP contribution in [0, 0.1) is 0 Å². The van der Waals surface area contributed by atoms with Crippen molar-refractivity contribution in [2.24, 2.45) is 0 Å². The monoisotopic (exact) mass is 238 g/mol. The van der Waals surface area contributed by atoms with Gasteiger partial charge in [0.2, 0.25) is 0 Å². The van der Waals surface area contributed by atoms with Gasteiger partial charge >= 0.3 is 5.56 Å². The number of hydrogen-bond donors (Lipinski definition) is 0. The van der Waals surface area contributed by atoms with Gasteiger partial charge in [0.25, 0.3) is 0 Å². The van der Waals surface area contributed by atoms with E-state index in [4.69, 9.17) is 0 Å². The maximum atomic E-state index is 11.6. The first-order chi connectivity index (χ1) is 8.84. The SMILES string of the molecule is O=c1ncn(Cc2ccccc2)c2nccnc12. The van der Waals surface area contributed by atoms with Gasteiger partial charge in [-0.3, -0.25) is 4.79 Å². The molecule has 3 aromatic rings. The van der Waals surface area contributed by atoms with Crippen molar-refractivity contribution >= 4 is 11.2 Å². The number of hydrogen-bond acceptors (Lipinski definition) is 4. The van der Waals surface area contributed by atoms with Gasteiger partial charge < -0.3 is 4.57 Å². The molecule has 0 saturated heterocycles. The summed E-state index contributed by atoms with van der Waals surface area (Å²) in [5.41, 5.74) is 1.63. The first-order valence-electron chi connectivity index (χ1n) is 5.55. The van der Waals surface area contributed by atoms with Crippen LogP contribution in [0.2, 0.25) is 0 Å². The summed E-state index contributed by atoms with van der Waals surface area (Å²) >= 11 is 0. The van der Waals surface area contributed by atoms with Crippen LogP contribution < -0.4 is 5.56 Å². The summed E-state index contributed by atoms with van der Waals surface area (Å²) in [6, 6.07) is 9.93. The lowest BCUT2D eigenvalue weighted by molar-refractivity contribution is 0.783. The largest absolute Gasteiger partial charge is 0.311 e. The quantitative estimate of drug-likeness (QED) is 0.673. The number of benzene rings is 1. The smallest absolute Gasteiger partial charge is 0.300 e. The van der Waals surface area contributed by atoms with Crippen LogP contribution in [-0.4, -0.2) is 19.5 Å². The van der Waals surface area contributed by atoms with Crippen molar-refractivity contribution in [3.8, 4) is 0 Å². The van der Waals surface area contributed by atoms with Crippen LogP contribution in [0.4, 0.5) is 0 Å². The van der Waals surface area contributed by atoms with Gasteiger partial charge in [-0.2, -0.15) is 4.98 Å². The molecule has 0 aliphatic heterocycles. The van der Waals surface area contributed by atoms with Crippen molar-refractivity contribution in [2.45, 2.75) is 6.54 Å². The molecule has 0 radical (unpaired) electrons. The molecule has 88 valence electrons. The van der Waals surface area contributed by atoms with Gasteiger partial charge in [0.15, 0.2) is 11.2 Å². The third-order valence-electron chi connectivity index (χ3n) is 2.66. The van der Waals surface area contributed by atoms with Gasteiger partial charge in [0.1, 0.15) is 6.33 Å². The van der Waals surface area contributed by atoms with E-state index < -0.39 is 0 Å². The molecular formula is C13H10N4O. The highest BCUT2D eigenvalue weighted by atomic mass is 16.1. The second-order valence-electron chi connectivity index (χ2n) is 3.89. The van der Waals surface area contributed by atoms with Crippen LogP contribution in [0.1, 0.15) is 5.56 Å². The van der Waals surface area contributed by atoms with E-state index in [2.05, 4.69) is 15.0 Å². The highest BCUT2D eigenvalue weighted by Crippen LogP contribution is 2.06. The zero-order valence-electron chi connectivity index (χ0n) is 9.52. The number of nitrogens with zero attached hydrogens (tertiary/aromatic N) is 4. The van der Waals surface area contributed by atoms with Crippen molar-refractivity contribution < 1.29 is 0 Å². The summed E-state index contributed by atoms with van der Waals surface area (Å²) in [7, 11) is 0. The molecule has 2 heterocycles. The van der Waals surface area contributed by atoms with Gasteiger partial charge in [0, 0.05) is 12.4 Å². The summed E-state index contributed by atoms with van der Waals surface area (Å²) < 4.78 is 1.82. The summed E-state index contributed by atoms with van der Waals surface area (Å²) in [6.45, 7) is 0.614. The maximum Gasteiger partial charge on any atom is 0.300 e. The molecule has 0 aliphatic rings. The van der Waals surface area contributed by atoms with Gasteiger partial charge in [-0.15, -0.1) is 0 Å². The van der Waals surface area contributed by atoms with E-state index >= 15 is 0 Å². The lowest BCUT2D eigenvalue weighted by Crippen LogP contribution is -2.15. The van der Waals surface area contributed by atoms with Crippen LogP contribution >= 0.6 is 0 Å². The first kappa shape index (κ1) is 10.6. The highest BCUT2D eigenvalue weighted by Gasteiger charge is 2.05. The third-order valence-corrected chi connectivity index (χ3v) is 2.66. The fourth-order valence-electron chi connectivity index (χ4n) is 1.83. The number of aromatic nitrogens is 4. The summed E-state index contributed by atoms with van der Waals surface area (Å²) in [6.07, 6.45) is 4.58. The molecule has 5 nitrogen and oxygen atoms in total. The molecule has 0 bridgehead atoms. The van der Waals surface area contributed by atoms with Gasteiger partial charge in [-0.05, 0) is 5.56 Å². The molecule has 5 heteroatoms. The summed E-state index contributed by atoms with van der Waals surface area (Å²) in [5.74, 6) is 0. The minimum Gasteiger partial charge on any atom is -0.311 e. The Morgan fingerprint density at radius 1 is 1.00 bits per heavy atom. The van der Waals surface area contributed by atoms with E-state index in [0.29, 0.717) is 17.7 Å². The zero-order chi connectivity index (χ0) is 12.4. The Hall–Kier alpha value is -2.56. The Labute approximate surface area is 103 Å². The number of fused-ring (bicyclic) bond motifs is 1. The van der Waals surface area contributed by atoms with Crippen molar-refractivity contribution in [3.05, 3.63) is 65.0 Å². The normalized spacial score (nSPS) is 10.7. The molecular weight excluding hydrogens is 228 g/mol. The Morgan fingerprint density at radius 2 is 1.78 bits per heavy atom. The van der Waals surface area contributed by atoms with Crippen LogP contribution in [-0.2, 0) is 6.54 Å². The highest BCUT2D eigenvalue weighted by molar-refractivity contribution is 5.67. The first-order valence-corrected chi connectivity index (χ1v) is 5.55. The van der Waals surface area contributed by atoms with Crippen molar-refractivity contribution in [1.82, 2.24) is 19.5 Å². The van der Waals surface area contributed by atoms with E-state index in [1.807, 2.05) is 34.9 Å². The lowest BCUT2D eigenvalue weighted by atomic mass is 10.2. The number of rotatable bonds is 2. The molecule has 0 saturated carbocycles. The van der Waals surface area contributed by atoms with Crippen molar-refractivity contribution in [2.75, 3.05) is 0 Å². The molecule has 18 heavy (non-hydrogen) atoms. The standard InChI is InChI=1S/C13H10N4O/c18-13-11-12(15-7-6-14-11)17(9-16-13)8-10-4-2-1-3-5-10/h1-7,9H,8H2. The topological polar surface area (TPSA) is 60.7 Å². The maximum absolute atomic E-state index is 11.6. The minimum atomic E-state index is -0.345. The molecule has 0 spiro atoms. The second kappa shape index (κ2) is 4.37. The summed E-state index contributed by atoms with van der Waals surface area (Å²) in [4.78, 5) is 23.6. The Bertz CT molecular complexity index is 737.